The van der Waals surface area contributed by atoms with Crippen LogP contribution in [0.2, 0.25) is 0 Å². The minimum absolute atomic E-state index is 0.217. The van der Waals surface area contributed by atoms with E-state index in [4.69, 9.17) is 9.47 Å². The van der Waals surface area contributed by atoms with Gasteiger partial charge in [0.15, 0.2) is 11.5 Å². The molecule has 0 N–H and O–H groups in total. The summed E-state index contributed by atoms with van der Waals surface area (Å²) in [6.45, 7) is 2.86. The first-order valence-electron chi connectivity index (χ1n) is 10.1. The third-order valence-electron chi connectivity index (χ3n) is 5.33. The van der Waals surface area contributed by atoms with Crippen LogP contribution in [0.1, 0.15) is 6.42 Å². The highest BCUT2D eigenvalue weighted by Gasteiger charge is 2.30. The van der Waals surface area contributed by atoms with Gasteiger partial charge in [0, 0.05) is 57.1 Å². The van der Waals surface area contributed by atoms with E-state index in [-0.39, 0.29) is 4.90 Å². The summed E-state index contributed by atoms with van der Waals surface area (Å²) >= 11 is 0. The molecule has 5 rings (SSSR count). The lowest BCUT2D eigenvalue weighted by Gasteiger charge is -2.34. The van der Waals surface area contributed by atoms with Crippen LogP contribution < -0.4 is 14.4 Å². The zero-order valence-corrected chi connectivity index (χ0v) is 17.6. The van der Waals surface area contributed by atoms with Gasteiger partial charge in [-0.3, -0.25) is 4.57 Å². The smallest absolute Gasteiger partial charge is 0.243 e. The molecule has 1 aromatic carbocycles. The molecule has 0 bridgehead atoms. The highest BCUT2D eigenvalue weighted by molar-refractivity contribution is 7.89. The molecule has 0 unspecified atom stereocenters. The highest BCUT2D eigenvalue weighted by atomic mass is 32.2. The quantitative estimate of drug-likeness (QED) is 0.596. The van der Waals surface area contributed by atoms with Crippen LogP contribution in [0.15, 0.2) is 54.2 Å². The Kier molecular flexibility index (Phi) is 5.20. The number of piperazine rings is 1. The van der Waals surface area contributed by atoms with E-state index in [1.54, 1.807) is 35.3 Å². The molecular weight excluding hydrogens is 420 g/mol. The van der Waals surface area contributed by atoms with E-state index in [1.807, 2.05) is 12.3 Å². The second-order valence-corrected chi connectivity index (χ2v) is 9.19. The number of benzene rings is 1. The molecule has 2 aromatic heterocycles. The molecule has 1 saturated heterocycles. The van der Waals surface area contributed by atoms with Crippen molar-refractivity contribution >= 4 is 15.8 Å². The SMILES string of the molecule is O=S(=O)(c1ccc2c(c1)OCCCO2)N1CCN(c2cc(-n3ccnc3)ncn2)CC1. The van der Waals surface area contributed by atoms with Gasteiger partial charge >= 0.3 is 0 Å². The molecule has 10 nitrogen and oxygen atoms in total. The molecule has 0 spiro atoms. The normalized spacial score (nSPS) is 17.4. The van der Waals surface area contributed by atoms with Gasteiger partial charge in [0.05, 0.1) is 18.1 Å². The van der Waals surface area contributed by atoms with Crippen LogP contribution in [0.25, 0.3) is 5.82 Å². The Morgan fingerprint density at radius 1 is 0.903 bits per heavy atom. The Morgan fingerprint density at radius 2 is 1.68 bits per heavy atom. The number of hydrogen-bond acceptors (Lipinski definition) is 8. The zero-order valence-electron chi connectivity index (χ0n) is 16.8. The van der Waals surface area contributed by atoms with Crippen LogP contribution in [-0.2, 0) is 10.0 Å². The largest absolute Gasteiger partial charge is 0.490 e. The molecule has 11 heteroatoms. The molecule has 0 atom stereocenters. The maximum Gasteiger partial charge on any atom is 0.243 e. The molecule has 2 aliphatic heterocycles. The topological polar surface area (TPSA) is 103 Å². The van der Waals surface area contributed by atoms with Crippen molar-refractivity contribution in [1.29, 1.82) is 0 Å². The molecular formula is C20H22N6O4S. The summed E-state index contributed by atoms with van der Waals surface area (Å²) in [5.74, 6) is 2.53. The van der Waals surface area contributed by atoms with Crippen LogP contribution in [0, 0.1) is 0 Å². The number of aromatic nitrogens is 4. The minimum Gasteiger partial charge on any atom is -0.490 e. The van der Waals surface area contributed by atoms with Crippen molar-refractivity contribution in [2.45, 2.75) is 11.3 Å². The Hall–Kier alpha value is -3.18. The van der Waals surface area contributed by atoms with Crippen LogP contribution in [0.3, 0.4) is 0 Å². The Bertz CT molecular complexity index is 1160. The number of ether oxygens (including phenoxy) is 2. The molecule has 162 valence electrons. The molecule has 1 fully saturated rings. The van der Waals surface area contributed by atoms with Crippen molar-refractivity contribution in [3.8, 4) is 17.3 Å². The third kappa shape index (κ3) is 3.93. The van der Waals surface area contributed by atoms with Gasteiger partial charge < -0.3 is 14.4 Å². The van der Waals surface area contributed by atoms with Gasteiger partial charge in [0.2, 0.25) is 10.0 Å². The van der Waals surface area contributed by atoms with Gasteiger partial charge in [0.25, 0.3) is 0 Å². The maximum atomic E-state index is 13.2. The number of hydrogen-bond donors (Lipinski definition) is 0. The Balaban J connectivity index is 1.30. The predicted molar refractivity (Wildman–Crippen MR) is 112 cm³/mol. The van der Waals surface area contributed by atoms with Crippen LogP contribution >= 0.6 is 0 Å². The maximum absolute atomic E-state index is 13.2. The lowest BCUT2D eigenvalue weighted by Crippen LogP contribution is -2.49. The first-order valence-corrected chi connectivity index (χ1v) is 11.5. The van der Waals surface area contributed by atoms with Gasteiger partial charge in [-0.25, -0.2) is 23.4 Å². The molecule has 0 saturated carbocycles. The second-order valence-electron chi connectivity index (χ2n) is 7.25. The van der Waals surface area contributed by atoms with Crippen molar-refractivity contribution in [1.82, 2.24) is 23.8 Å². The first kappa shape index (κ1) is 19.8. The summed E-state index contributed by atoms with van der Waals surface area (Å²) in [5.41, 5.74) is 0. The third-order valence-corrected chi connectivity index (χ3v) is 7.22. The molecule has 2 aliphatic rings. The van der Waals surface area contributed by atoms with E-state index in [1.165, 1.54) is 10.6 Å². The number of nitrogens with zero attached hydrogens (tertiary/aromatic N) is 6. The van der Waals surface area contributed by atoms with Crippen molar-refractivity contribution in [2.75, 3.05) is 44.3 Å². The summed E-state index contributed by atoms with van der Waals surface area (Å²) < 4.78 is 40.9. The van der Waals surface area contributed by atoms with Crippen molar-refractivity contribution < 1.29 is 17.9 Å². The van der Waals surface area contributed by atoms with E-state index >= 15 is 0 Å². The van der Waals surface area contributed by atoms with E-state index in [9.17, 15) is 8.42 Å². The number of sulfonamides is 1. The van der Waals surface area contributed by atoms with Gasteiger partial charge in [-0.15, -0.1) is 0 Å². The summed E-state index contributed by atoms with van der Waals surface area (Å²) in [6, 6.07) is 6.68. The van der Waals surface area contributed by atoms with Crippen LogP contribution in [0.4, 0.5) is 5.82 Å². The average molecular weight is 443 g/mol. The number of imidazole rings is 1. The van der Waals surface area contributed by atoms with Gasteiger partial charge in [0.1, 0.15) is 24.3 Å². The zero-order chi connectivity index (χ0) is 21.3. The van der Waals surface area contributed by atoms with E-state index in [0.29, 0.717) is 56.7 Å². The minimum atomic E-state index is -3.63. The highest BCUT2D eigenvalue weighted by Crippen LogP contribution is 2.33. The first-order chi connectivity index (χ1) is 15.1. The fraction of sp³-hybridized carbons (Fsp3) is 0.350. The standard InChI is InChI=1S/C20H22N6O4S/c27-31(28,16-2-3-17-18(12-16)30-11-1-10-29-17)26-8-6-24(7-9-26)19-13-20(23-14-22-19)25-5-4-21-15-25/h2-5,12-15H,1,6-11H2. The Morgan fingerprint density at radius 3 is 2.45 bits per heavy atom. The molecule has 0 aliphatic carbocycles. The fourth-order valence-corrected chi connectivity index (χ4v) is 5.09. The van der Waals surface area contributed by atoms with E-state index in [2.05, 4.69) is 19.9 Å². The monoisotopic (exact) mass is 442 g/mol. The van der Waals surface area contributed by atoms with E-state index in [0.717, 1.165) is 12.2 Å². The lowest BCUT2D eigenvalue weighted by atomic mass is 10.3. The number of rotatable bonds is 4. The van der Waals surface area contributed by atoms with Crippen molar-refractivity contribution in [2.24, 2.45) is 0 Å². The number of fused-ring (bicyclic) bond motifs is 1. The fourth-order valence-electron chi connectivity index (χ4n) is 3.66. The van der Waals surface area contributed by atoms with E-state index < -0.39 is 10.0 Å². The predicted octanol–water partition coefficient (Wildman–Crippen LogP) is 1.33. The lowest BCUT2D eigenvalue weighted by molar-refractivity contribution is 0.296. The molecule has 0 radical (unpaired) electrons. The molecule has 0 amide bonds. The summed E-state index contributed by atoms with van der Waals surface area (Å²) in [5, 5.41) is 0. The van der Waals surface area contributed by atoms with Crippen molar-refractivity contribution in [3.05, 3.63) is 49.3 Å². The van der Waals surface area contributed by atoms with Gasteiger partial charge in [-0.05, 0) is 12.1 Å². The van der Waals surface area contributed by atoms with Crippen LogP contribution in [-0.4, -0.2) is 71.6 Å². The summed E-state index contributed by atoms with van der Waals surface area (Å²) in [4.78, 5) is 14.9. The second kappa shape index (κ2) is 8.16. The van der Waals surface area contributed by atoms with Crippen LogP contribution in [0.5, 0.6) is 11.5 Å². The number of anilines is 1. The molecule has 31 heavy (non-hydrogen) atoms. The molecule has 4 heterocycles. The van der Waals surface area contributed by atoms with Gasteiger partial charge in [-0.1, -0.05) is 0 Å². The van der Waals surface area contributed by atoms with Gasteiger partial charge in [-0.2, -0.15) is 4.31 Å². The Labute approximate surface area is 180 Å². The average Bonchev–Trinajstić information content (AvgIpc) is 3.24. The molecule has 3 aromatic rings. The van der Waals surface area contributed by atoms with Crippen molar-refractivity contribution in [3.63, 3.8) is 0 Å². The summed E-state index contributed by atoms with van der Waals surface area (Å²) in [6.07, 6.45) is 7.44. The summed E-state index contributed by atoms with van der Waals surface area (Å²) in [7, 11) is -3.63.